The molecule has 0 radical (unpaired) electrons. The SMILES string of the molecule is COc1cccc(CC(=O)N/N=C/N2C=C(S(=O)(=O)Oc3ccccc3)C(C)N2c2ccccc2)c1. The van der Waals surface area contributed by atoms with Crippen LogP contribution in [0.4, 0.5) is 5.69 Å². The molecule has 186 valence electrons. The molecule has 0 spiro atoms. The molecule has 3 aromatic rings. The summed E-state index contributed by atoms with van der Waals surface area (Å²) in [7, 11) is -2.55. The molecule has 4 rings (SSSR count). The number of methoxy groups -OCH3 is 1. The van der Waals surface area contributed by atoms with E-state index in [2.05, 4.69) is 10.5 Å². The molecule has 0 bridgehead atoms. The third kappa shape index (κ3) is 5.84. The number of hydrazine groups is 1. The molecule has 1 unspecified atom stereocenters. The number of benzene rings is 3. The summed E-state index contributed by atoms with van der Waals surface area (Å²) < 4.78 is 36.7. The van der Waals surface area contributed by atoms with E-state index >= 15 is 0 Å². The molecule has 9 nitrogen and oxygen atoms in total. The van der Waals surface area contributed by atoms with E-state index < -0.39 is 16.2 Å². The van der Waals surface area contributed by atoms with Crippen molar-refractivity contribution >= 4 is 28.1 Å². The molecule has 0 aromatic heterocycles. The van der Waals surface area contributed by atoms with E-state index in [4.69, 9.17) is 8.92 Å². The Bertz CT molecular complexity index is 1360. The number of hydrogen-bond donors (Lipinski definition) is 1. The molecule has 3 aromatic carbocycles. The van der Waals surface area contributed by atoms with Crippen LogP contribution in [0, 0.1) is 0 Å². The van der Waals surface area contributed by atoms with Gasteiger partial charge in [-0.25, -0.2) is 10.4 Å². The molecule has 10 heteroatoms. The third-order valence-electron chi connectivity index (χ3n) is 5.41. The van der Waals surface area contributed by atoms with E-state index in [0.717, 1.165) is 11.3 Å². The first-order chi connectivity index (χ1) is 17.4. The Balaban J connectivity index is 1.53. The van der Waals surface area contributed by atoms with Gasteiger partial charge in [0.15, 0.2) is 0 Å². The zero-order valence-corrected chi connectivity index (χ0v) is 20.6. The largest absolute Gasteiger partial charge is 0.497 e. The highest BCUT2D eigenvalue weighted by atomic mass is 32.2. The van der Waals surface area contributed by atoms with Gasteiger partial charge < -0.3 is 8.92 Å². The maximum Gasteiger partial charge on any atom is 0.339 e. The third-order valence-corrected chi connectivity index (χ3v) is 6.85. The van der Waals surface area contributed by atoms with Gasteiger partial charge in [0, 0.05) is 6.20 Å². The Hall–Kier alpha value is -4.31. The van der Waals surface area contributed by atoms with Crippen molar-refractivity contribution in [3.63, 3.8) is 0 Å². The lowest BCUT2D eigenvalue weighted by Gasteiger charge is -2.31. The second kappa shape index (κ2) is 11.0. The maximum atomic E-state index is 13.1. The molecule has 1 aliphatic rings. The van der Waals surface area contributed by atoms with Crippen LogP contribution in [0.1, 0.15) is 12.5 Å². The summed E-state index contributed by atoms with van der Waals surface area (Å²) in [4.78, 5) is 12.4. The summed E-state index contributed by atoms with van der Waals surface area (Å²) in [5.41, 5.74) is 4.00. The van der Waals surface area contributed by atoms with Crippen LogP contribution < -0.4 is 19.4 Å². The molecular formula is C26H26N4O5S. The van der Waals surface area contributed by atoms with E-state index in [0.29, 0.717) is 5.75 Å². The van der Waals surface area contributed by atoms with E-state index in [-0.39, 0.29) is 23.0 Å². The molecular weight excluding hydrogens is 480 g/mol. The smallest absolute Gasteiger partial charge is 0.339 e. The lowest BCUT2D eigenvalue weighted by molar-refractivity contribution is -0.120. The molecule has 1 aliphatic heterocycles. The van der Waals surface area contributed by atoms with Gasteiger partial charge in [0.25, 0.3) is 0 Å². The predicted octanol–water partition coefficient (Wildman–Crippen LogP) is 3.67. The fraction of sp³-hybridized carbons (Fsp3) is 0.154. The number of carbonyl (C=O) groups is 1. The summed E-state index contributed by atoms with van der Waals surface area (Å²) in [6.07, 6.45) is 2.87. The number of ether oxygens (including phenoxy) is 1. The number of hydrazone groups is 1. The van der Waals surface area contributed by atoms with Gasteiger partial charge in [-0.3, -0.25) is 9.80 Å². The number of para-hydroxylation sites is 2. The van der Waals surface area contributed by atoms with Crippen molar-refractivity contribution in [2.75, 3.05) is 12.1 Å². The van der Waals surface area contributed by atoms with E-state index in [1.54, 1.807) is 67.6 Å². The lowest BCUT2D eigenvalue weighted by Crippen LogP contribution is -2.41. The van der Waals surface area contributed by atoms with Crippen LogP contribution in [0.25, 0.3) is 0 Å². The van der Waals surface area contributed by atoms with Gasteiger partial charge in [0.05, 0.1) is 25.3 Å². The zero-order valence-electron chi connectivity index (χ0n) is 19.8. The zero-order chi connectivity index (χ0) is 25.5. The van der Waals surface area contributed by atoms with Crippen molar-refractivity contribution in [1.82, 2.24) is 10.4 Å². The first-order valence-electron chi connectivity index (χ1n) is 11.2. The molecule has 0 aliphatic carbocycles. The van der Waals surface area contributed by atoms with Gasteiger partial charge in [-0.15, -0.1) is 0 Å². The van der Waals surface area contributed by atoms with Gasteiger partial charge in [0.2, 0.25) is 5.91 Å². The van der Waals surface area contributed by atoms with Crippen molar-refractivity contribution in [1.29, 1.82) is 0 Å². The van der Waals surface area contributed by atoms with Crippen LogP contribution in [-0.2, 0) is 21.3 Å². The van der Waals surface area contributed by atoms with E-state index in [9.17, 15) is 13.2 Å². The molecule has 1 atom stereocenters. The fourth-order valence-corrected chi connectivity index (χ4v) is 4.95. The van der Waals surface area contributed by atoms with Gasteiger partial charge in [-0.2, -0.15) is 13.5 Å². The summed E-state index contributed by atoms with van der Waals surface area (Å²) in [5, 5.41) is 7.29. The fourth-order valence-electron chi connectivity index (χ4n) is 3.74. The molecule has 0 fully saturated rings. The Morgan fingerprint density at radius 2 is 1.67 bits per heavy atom. The van der Waals surface area contributed by atoms with Gasteiger partial charge in [-0.05, 0) is 48.9 Å². The standard InChI is InChI=1S/C26H26N4O5S/c1-20-25(36(32,33)35-23-13-7-4-8-14-23)18-29(30(20)22-11-5-3-6-12-22)19-27-28-26(31)17-21-10-9-15-24(16-21)34-2/h3-16,18-20H,17H2,1-2H3,(H,28,31)/b27-19+. The molecule has 0 saturated heterocycles. The van der Waals surface area contributed by atoms with Crippen molar-refractivity contribution < 1.29 is 22.1 Å². The molecule has 1 N–H and O–H groups in total. The van der Waals surface area contributed by atoms with Gasteiger partial charge >= 0.3 is 10.1 Å². The monoisotopic (exact) mass is 506 g/mol. The molecule has 36 heavy (non-hydrogen) atoms. The number of hydrogen-bond acceptors (Lipinski definition) is 7. The molecule has 1 amide bonds. The minimum absolute atomic E-state index is 0.0457. The highest BCUT2D eigenvalue weighted by molar-refractivity contribution is 7.91. The van der Waals surface area contributed by atoms with Crippen molar-refractivity contribution in [3.8, 4) is 11.5 Å². The first kappa shape index (κ1) is 24.8. The van der Waals surface area contributed by atoms with E-state index in [1.807, 2.05) is 36.4 Å². The molecule has 1 heterocycles. The number of nitrogens with zero attached hydrogens (tertiary/aromatic N) is 3. The number of nitrogens with one attached hydrogen (secondary N) is 1. The predicted molar refractivity (Wildman–Crippen MR) is 138 cm³/mol. The van der Waals surface area contributed by atoms with E-state index in [1.165, 1.54) is 17.5 Å². The van der Waals surface area contributed by atoms with Gasteiger partial charge in [-0.1, -0.05) is 48.5 Å². The van der Waals surface area contributed by atoms with Crippen LogP contribution in [0.3, 0.4) is 0 Å². The Morgan fingerprint density at radius 3 is 2.36 bits per heavy atom. The molecule has 0 saturated carbocycles. The van der Waals surface area contributed by atoms with Crippen molar-refractivity contribution in [2.24, 2.45) is 5.10 Å². The van der Waals surface area contributed by atoms with Crippen LogP contribution in [0.5, 0.6) is 11.5 Å². The minimum atomic E-state index is -4.11. The second-order valence-corrected chi connectivity index (χ2v) is 9.47. The average Bonchev–Trinajstić information content (AvgIpc) is 3.21. The second-order valence-electron chi connectivity index (χ2n) is 7.93. The highest BCUT2D eigenvalue weighted by Gasteiger charge is 2.38. The quantitative estimate of drug-likeness (QED) is 0.205. The topological polar surface area (TPSA) is 101 Å². The number of amides is 1. The summed E-state index contributed by atoms with van der Waals surface area (Å²) in [6, 6.07) is 24.2. The Labute approximate surface area is 210 Å². The summed E-state index contributed by atoms with van der Waals surface area (Å²) in [6.45, 7) is 1.75. The van der Waals surface area contributed by atoms with Crippen molar-refractivity contribution in [2.45, 2.75) is 19.4 Å². The number of carbonyl (C=O) groups excluding carboxylic acids is 1. The highest BCUT2D eigenvalue weighted by Crippen LogP contribution is 2.32. The van der Waals surface area contributed by atoms with Crippen LogP contribution in [0.15, 0.2) is 101 Å². The Morgan fingerprint density at radius 1 is 1.00 bits per heavy atom. The normalized spacial score (nSPS) is 15.6. The maximum absolute atomic E-state index is 13.1. The number of rotatable bonds is 9. The number of anilines is 1. The summed E-state index contributed by atoms with van der Waals surface area (Å²) >= 11 is 0. The minimum Gasteiger partial charge on any atom is -0.497 e. The Kier molecular flexibility index (Phi) is 7.55. The van der Waals surface area contributed by atoms with Crippen molar-refractivity contribution in [3.05, 3.63) is 102 Å². The summed E-state index contributed by atoms with van der Waals surface area (Å²) in [5.74, 6) is 0.543. The average molecular weight is 507 g/mol. The lowest BCUT2D eigenvalue weighted by atomic mass is 10.1. The van der Waals surface area contributed by atoms with Crippen LogP contribution >= 0.6 is 0 Å². The van der Waals surface area contributed by atoms with Gasteiger partial charge in [0.1, 0.15) is 22.7 Å². The van der Waals surface area contributed by atoms with Crippen LogP contribution in [-0.4, -0.2) is 38.8 Å². The van der Waals surface area contributed by atoms with Crippen LogP contribution in [0.2, 0.25) is 0 Å². The first-order valence-corrected chi connectivity index (χ1v) is 12.6.